The van der Waals surface area contributed by atoms with Crippen LogP contribution in [0, 0.1) is 0 Å². The average Bonchev–Trinajstić information content (AvgIpc) is 3.01. The standard InChI is InChI=1S/C19H28N2O2/c1-18(2)12-16(19(3,4)23-18)20-15-10-11-21(13-15)17(22)14-8-6-5-7-9-14/h5-9,15-16,20H,10-13H2,1-4H3/t15-,16-/m0/s1. The van der Waals surface area contributed by atoms with Gasteiger partial charge in [-0.2, -0.15) is 0 Å². The van der Waals surface area contributed by atoms with Gasteiger partial charge < -0.3 is 15.0 Å². The fourth-order valence-corrected chi connectivity index (χ4v) is 3.95. The molecule has 3 rings (SSSR count). The van der Waals surface area contributed by atoms with Crippen LogP contribution < -0.4 is 5.32 Å². The summed E-state index contributed by atoms with van der Waals surface area (Å²) in [7, 11) is 0. The fourth-order valence-electron chi connectivity index (χ4n) is 3.95. The third kappa shape index (κ3) is 3.59. The number of hydrogen-bond acceptors (Lipinski definition) is 3. The molecule has 126 valence electrons. The van der Waals surface area contributed by atoms with E-state index in [1.54, 1.807) is 0 Å². The van der Waals surface area contributed by atoms with Gasteiger partial charge >= 0.3 is 0 Å². The van der Waals surface area contributed by atoms with Crippen molar-refractivity contribution in [2.45, 2.75) is 63.8 Å². The molecule has 2 aliphatic rings. The van der Waals surface area contributed by atoms with Crippen molar-refractivity contribution in [3.63, 3.8) is 0 Å². The highest BCUT2D eigenvalue weighted by atomic mass is 16.5. The second-order valence-electron chi connectivity index (χ2n) is 7.99. The maximum absolute atomic E-state index is 12.5. The van der Waals surface area contributed by atoms with E-state index in [4.69, 9.17) is 4.74 Å². The molecule has 4 heteroatoms. The first-order chi connectivity index (χ1) is 10.8. The first kappa shape index (κ1) is 16.5. The molecule has 0 aliphatic carbocycles. The van der Waals surface area contributed by atoms with E-state index in [-0.39, 0.29) is 17.1 Å². The average molecular weight is 316 g/mol. The summed E-state index contributed by atoms with van der Waals surface area (Å²) in [5, 5.41) is 3.74. The molecular formula is C19H28N2O2. The van der Waals surface area contributed by atoms with E-state index in [0.29, 0.717) is 12.1 Å². The molecule has 0 saturated carbocycles. The molecule has 1 aromatic rings. The second kappa shape index (κ2) is 5.91. The van der Waals surface area contributed by atoms with Gasteiger partial charge in [-0.15, -0.1) is 0 Å². The monoisotopic (exact) mass is 316 g/mol. The minimum atomic E-state index is -0.166. The zero-order valence-electron chi connectivity index (χ0n) is 14.6. The zero-order valence-corrected chi connectivity index (χ0v) is 14.6. The Kier molecular flexibility index (Phi) is 4.23. The van der Waals surface area contributed by atoms with Crippen LogP contribution in [0.2, 0.25) is 0 Å². The van der Waals surface area contributed by atoms with Crippen molar-refractivity contribution < 1.29 is 9.53 Å². The Balaban J connectivity index is 1.59. The van der Waals surface area contributed by atoms with E-state index in [0.717, 1.165) is 31.5 Å². The second-order valence-corrected chi connectivity index (χ2v) is 7.99. The van der Waals surface area contributed by atoms with Crippen LogP contribution >= 0.6 is 0 Å². The van der Waals surface area contributed by atoms with Crippen LogP contribution in [0.5, 0.6) is 0 Å². The molecule has 0 unspecified atom stereocenters. The van der Waals surface area contributed by atoms with Crippen LogP contribution in [-0.4, -0.2) is 47.2 Å². The van der Waals surface area contributed by atoms with Gasteiger partial charge in [0.2, 0.25) is 0 Å². The van der Waals surface area contributed by atoms with Crippen LogP contribution in [0.3, 0.4) is 0 Å². The Hall–Kier alpha value is -1.39. The smallest absolute Gasteiger partial charge is 0.253 e. The highest BCUT2D eigenvalue weighted by Gasteiger charge is 2.46. The largest absolute Gasteiger partial charge is 0.368 e. The zero-order chi connectivity index (χ0) is 16.7. The van der Waals surface area contributed by atoms with Gasteiger partial charge in [-0.1, -0.05) is 18.2 Å². The number of nitrogens with one attached hydrogen (secondary N) is 1. The third-order valence-corrected chi connectivity index (χ3v) is 5.01. The first-order valence-corrected chi connectivity index (χ1v) is 8.57. The van der Waals surface area contributed by atoms with Gasteiger partial charge in [0.25, 0.3) is 5.91 Å². The maximum atomic E-state index is 12.5. The predicted octanol–water partition coefficient (Wildman–Crippen LogP) is 2.84. The van der Waals surface area contributed by atoms with Crippen LogP contribution in [0.25, 0.3) is 0 Å². The summed E-state index contributed by atoms with van der Waals surface area (Å²) in [5.74, 6) is 0.136. The lowest BCUT2D eigenvalue weighted by molar-refractivity contribution is -0.0703. The number of carbonyl (C=O) groups excluding carboxylic acids is 1. The number of likely N-dealkylation sites (tertiary alicyclic amines) is 1. The summed E-state index contributed by atoms with van der Waals surface area (Å²) in [6, 6.07) is 10.2. The van der Waals surface area contributed by atoms with Crippen molar-refractivity contribution in [3.8, 4) is 0 Å². The number of ether oxygens (including phenoxy) is 1. The maximum Gasteiger partial charge on any atom is 0.253 e. The summed E-state index contributed by atoms with van der Waals surface area (Å²) >= 11 is 0. The number of rotatable bonds is 3. The molecule has 0 radical (unpaired) electrons. The van der Waals surface area contributed by atoms with Crippen molar-refractivity contribution in [2.24, 2.45) is 0 Å². The minimum absolute atomic E-state index is 0.0840. The molecule has 0 bridgehead atoms. The predicted molar refractivity (Wildman–Crippen MR) is 91.5 cm³/mol. The Bertz CT molecular complexity index is 568. The highest BCUT2D eigenvalue weighted by molar-refractivity contribution is 5.94. The Morgan fingerprint density at radius 2 is 1.91 bits per heavy atom. The van der Waals surface area contributed by atoms with Crippen molar-refractivity contribution in [2.75, 3.05) is 13.1 Å². The molecule has 4 nitrogen and oxygen atoms in total. The minimum Gasteiger partial charge on any atom is -0.368 e. The van der Waals surface area contributed by atoms with Gasteiger partial charge in [0.15, 0.2) is 0 Å². The molecule has 2 aliphatic heterocycles. The lowest BCUT2D eigenvalue weighted by Crippen LogP contribution is -2.49. The first-order valence-electron chi connectivity index (χ1n) is 8.57. The molecular weight excluding hydrogens is 288 g/mol. The van der Waals surface area contributed by atoms with E-state index >= 15 is 0 Å². The summed E-state index contributed by atoms with van der Waals surface area (Å²) in [6.07, 6.45) is 2.01. The lowest BCUT2D eigenvalue weighted by Gasteiger charge is -2.30. The SMILES string of the molecule is CC1(C)C[C@H](N[C@H]2CCN(C(=O)c3ccccc3)C2)C(C)(C)O1. The molecule has 1 N–H and O–H groups in total. The van der Waals surface area contributed by atoms with Crippen LogP contribution in [0.15, 0.2) is 30.3 Å². The Morgan fingerprint density at radius 3 is 2.52 bits per heavy atom. The third-order valence-electron chi connectivity index (χ3n) is 5.01. The van der Waals surface area contributed by atoms with E-state index in [2.05, 4.69) is 33.0 Å². The molecule has 0 aromatic heterocycles. The van der Waals surface area contributed by atoms with Crippen molar-refractivity contribution >= 4 is 5.91 Å². The van der Waals surface area contributed by atoms with Gasteiger partial charge in [-0.05, 0) is 52.7 Å². The molecule has 2 saturated heterocycles. The summed E-state index contributed by atoms with van der Waals surface area (Å²) in [5.41, 5.74) is 0.526. The number of carbonyl (C=O) groups is 1. The highest BCUT2D eigenvalue weighted by Crippen LogP contribution is 2.37. The number of hydrogen-bond donors (Lipinski definition) is 1. The van der Waals surface area contributed by atoms with Gasteiger partial charge in [0.1, 0.15) is 0 Å². The summed E-state index contributed by atoms with van der Waals surface area (Å²) in [6.45, 7) is 10.2. The van der Waals surface area contributed by atoms with Gasteiger partial charge in [-0.3, -0.25) is 4.79 Å². The molecule has 0 spiro atoms. The van der Waals surface area contributed by atoms with Crippen LogP contribution in [-0.2, 0) is 4.74 Å². The van der Waals surface area contributed by atoms with Crippen LogP contribution in [0.1, 0.15) is 50.9 Å². The molecule has 2 fully saturated rings. The molecule has 2 heterocycles. The van der Waals surface area contributed by atoms with Crippen LogP contribution in [0.4, 0.5) is 0 Å². The molecule has 1 aromatic carbocycles. The molecule has 2 atom stereocenters. The van der Waals surface area contributed by atoms with E-state index in [9.17, 15) is 4.79 Å². The molecule has 1 amide bonds. The van der Waals surface area contributed by atoms with Crippen molar-refractivity contribution in [1.82, 2.24) is 10.2 Å². The summed E-state index contributed by atoms with van der Waals surface area (Å²) in [4.78, 5) is 14.5. The lowest BCUT2D eigenvalue weighted by atomic mass is 9.93. The number of benzene rings is 1. The van der Waals surface area contributed by atoms with Crippen molar-refractivity contribution in [1.29, 1.82) is 0 Å². The van der Waals surface area contributed by atoms with E-state index < -0.39 is 0 Å². The number of amides is 1. The van der Waals surface area contributed by atoms with Gasteiger partial charge in [0.05, 0.1) is 11.2 Å². The summed E-state index contributed by atoms with van der Waals surface area (Å²) < 4.78 is 6.16. The topological polar surface area (TPSA) is 41.6 Å². The van der Waals surface area contributed by atoms with E-state index in [1.807, 2.05) is 35.2 Å². The van der Waals surface area contributed by atoms with Crippen molar-refractivity contribution in [3.05, 3.63) is 35.9 Å². The Labute approximate surface area is 139 Å². The number of nitrogens with zero attached hydrogens (tertiary/aromatic N) is 1. The molecule has 23 heavy (non-hydrogen) atoms. The fraction of sp³-hybridized carbons (Fsp3) is 0.632. The normalized spacial score (nSPS) is 29.0. The van der Waals surface area contributed by atoms with E-state index in [1.165, 1.54) is 0 Å². The Morgan fingerprint density at radius 1 is 1.22 bits per heavy atom. The van der Waals surface area contributed by atoms with Gasteiger partial charge in [-0.25, -0.2) is 0 Å². The van der Waals surface area contributed by atoms with Gasteiger partial charge in [0, 0.05) is 30.7 Å². The quantitative estimate of drug-likeness (QED) is 0.932.